The second-order valence-corrected chi connectivity index (χ2v) is 4.17. The zero-order valence-corrected chi connectivity index (χ0v) is 9.18. The Bertz CT molecular complexity index is 339. The van der Waals surface area contributed by atoms with E-state index in [4.69, 9.17) is 10.00 Å². The molecule has 0 aliphatic carbocycles. The molecule has 0 spiro atoms. The molecule has 2 fully saturated rings. The van der Waals surface area contributed by atoms with Gasteiger partial charge < -0.3 is 4.74 Å². The predicted molar refractivity (Wildman–Crippen MR) is 54.1 cm³/mol. The number of morpholine rings is 1. The molecule has 86 valence electrons. The fourth-order valence-corrected chi connectivity index (χ4v) is 2.25. The van der Waals surface area contributed by atoms with E-state index in [1.165, 1.54) is 0 Å². The molecule has 3 unspecified atom stereocenters. The van der Waals surface area contributed by atoms with Crippen molar-refractivity contribution < 1.29 is 14.3 Å². The number of carbonyl (C=O) groups is 2. The van der Waals surface area contributed by atoms with Crippen molar-refractivity contribution >= 4 is 11.8 Å². The first-order valence-corrected chi connectivity index (χ1v) is 5.61. The van der Waals surface area contributed by atoms with Crippen LogP contribution in [0.2, 0.25) is 0 Å². The summed E-state index contributed by atoms with van der Waals surface area (Å²) in [6.07, 6.45) is 1.48. The highest BCUT2D eigenvalue weighted by Gasteiger charge is 2.48. The van der Waals surface area contributed by atoms with Gasteiger partial charge in [0.1, 0.15) is 18.2 Å². The molecule has 2 amide bonds. The third-order valence-corrected chi connectivity index (χ3v) is 3.07. The molecule has 0 aromatic rings. The molecule has 0 radical (unpaired) electrons. The van der Waals surface area contributed by atoms with Crippen molar-refractivity contribution in [2.24, 2.45) is 0 Å². The van der Waals surface area contributed by atoms with Gasteiger partial charge in [-0.25, -0.2) is 0 Å². The van der Waals surface area contributed by atoms with Crippen molar-refractivity contribution in [2.45, 2.75) is 50.9 Å². The van der Waals surface area contributed by atoms with Crippen LogP contribution in [0.5, 0.6) is 0 Å². The molecule has 0 aromatic carbocycles. The molecular formula is C11H14N2O3. The van der Waals surface area contributed by atoms with E-state index in [-0.39, 0.29) is 11.8 Å². The largest absolute Gasteiger partial charge is 0.355 e. The Morgan fingerprint density at radius 2 is 2.00 bits per heavy atom. The number of amides is 2. The molecule has 2 heterocycles. The van der Waals surface area contributed by atoms with Crippen molar-refractivity contribution in [1.82, 2.24) is 4.90 Å². The summed E-state index contributed by atoms with van der Waals surface area (Å²) in [6.45, 7) is 1.92. The van der Waals surface area contributed by atoms with Crippen LogP contribution in [-0.4, -0.2) is 35.0 Å². The number of hydrogen-bond acceptors (Lipinski definition) is 4. The van der Waals surface area contributed by atoms with E-state index in [0.29, 0.717) is 19.3 Å². The summed E-state index contributed by atoms with van der Waals surface area (Å²) in [5.41, 5.74) is 0. The lowest BCUT2D eigenvalue weighted by molar-refractivity contribution is -0.170. The maximum Gasteiger partial charge on any atom is 0.259 e. The highest BCUT2D eigenvalue weighted by atomic mass is 16.5. The van der Waals surface area contributed by atoms with Crippen LogP contribution in [0.25, 0.3) is 0 Å². The van der Waals surface area contributed by atoms with Gasteiger partial charge in [-0.3, -0.25) is 14.5 Å². The van der Waals surface area contributed by atoms with Crippen molar-refractivity contribution in [3.05, 3.63) is 0 Å². The van der Waals surface area contributed by atoms with Crippen LogP contribution in [0.4, 0.5) is 0 Å². The van der Waals surface area contributed by atoms with E-state index >= 15 is 0 Å². The van der Waals surface area contributed by atoms with Crippen LogP contribution in [0.15, 0.2) is 0 Å². The van der Waals surface area contributed by atoms with Crippen molar-refractivity contribution in [3.63, 3.8) is 0 Å². The van der Waals surface area contributed by atoms with Gasteiger partial charge in [0.2, 0.25) is 0 Å². The van der Waals surface area contributed by atoms with Gasteiger partial charge in [-0.05, 0) is 19.3 Å². The van der Waals surface area contributed by atoms with Gasteiger partial charge in [0.15, 0.2) is 0 Å². The number of fused-ring (bicyclic) bond motifs is 2. The third kappa shape index (κ3) is 1.59. The zero-order valence-electron chi connectivity index (χ0n) is 9.18. The predicted octanol–water partition coefficient (Wildman–Crippen LogP) is 0.595. The zero-order chi connectivity index (χ0) is 11.7. The number of imide groups is 1. The maximum atomic E-state index is 11.9. The first kappa shape index (κ1) is 11.1. The molecular weight excluding hydrogens is 208 g/mol. The average Bonchev–Trinajstić information content (AvgIpc) is 2.72. The number of nitrogens with zero attached hydrogens (tertiary/aromatic N) is 2. The number of ether oxygens (including phenoxy) is 1. The molecule has 16 heavy (non-hydrogen) atoms. The Balaban J connectivity index is 2.22. The van der Waals surface area contributed by atoms with Gasteiger partial charge in [-0.15, -0.1) is 0 Å². The molecule has 0 aromatic heterocycles. The summed E-state index contributed by atoms with van der Waals surface area (Å²) in [6, 6.07) is 1.40. The van der Waals surface area contributed by atoms with E-state index in [2.05, 4.69) is 0 Å². The lowest BCUT2D eigenvalue weighted by Gasteiger charge is -2.32. The molecule has 3 atom stereocenters. The highest BCUT2D eigenvalue weighted by molar-refractivity contribution is 6.03. The fraction of sp³-hybridized carbons (Fsp3) is 0.727. The topological polar surface area (TPSA) is 70.4 Å². The maximum absolute atomic E-state index is 11.9. The molecule has 2 rings (SSSR count). The first-order valence-electron chi connectivity index (χ1n) is 5.61. The van der Waals surface area contributed by atoms with Gasteiger partial charge in [0, 0.05) is 0 Å². The molecule has 0 N–H and O–H groups in total. The normalized spacial score (nSPS) is 30.4. The second-order valence-electron chi connectivity index (χ2n) is 4.17. The number of rotatable bonds is 3. The van der Waals surface area contributed by atoms with E-state index in [0.717, 1.165) is 11.3 Å². The Morgan fingerprint density at radius 1 is 1.44 bits per heavy atom. The van der Waals surface area contributed by atoms with Gasteiger partial charge in [0.05, 0.1) is 6.07 Å². The Labute approximate surface area is 94.0 Å². The minimum Gasteiger partial charge on any atom is -0.355 e. The Hall–Kier alpha value is -1.41. The fourth-order valence-electron chi connectivity index (χ4n) is 2.25. The Morgan fingerprint density at radius 3 is 2.44 bits per heavy atom. The van der Waals surface area contributed by atoms with Crippen LogP contribution in [0.1, 0.15) is 32.6 Å². The van der Waals surface area contributed by atoms with Crippen LogP contribution in [0, 0.1) is 11.3 Å². The van der Waals surface area contributed by atoms with Crippen LogP contribution in [-0.2, 0) is 14.3 Å². The SMILES string of the molecule is CCCC(C#N)N1C(=O)C2CCC(O2)C1=O. The highest BCUT2D eigenvalue weighted by Crippen LogP contribution is 2.30. The monoisotopic (exact) mass is 222 g/mol. The molecule has 0 saturated carbocycles. The summed E-state index contributed by atoms with van der Waals surface area (Å²) in [7, 11) is 0. The number of nitriles is 1. The molecule has 5 heteroatoms. The van der Waals surface area contributed by atoms with E-state index in [1.54, 1.807) is 0 Å². The smallest absolute Gasteiger partial charge is 0.259 e. The van der Waals surface area contributed by atoms with Gasteiger partial charge in [-0.2, -0.15) is 5.26 Å². The van der Waals surface area contributed by atoms with Gasteiger partial charge in [0.25, 0.3) is 11.8 Å². The Kier molecular flexibility index (Phi) is 2.92. The van der Waals surface area contributed by atoms with Crippen LogP contribution < -0.4 is 0 Å². The van der Waals surface area contributed by atoms with E-state index < -0.39 is 18.2 Å². The molecule has 2 saturated heterocycles. The first-order chi connectivity index (χ1) is 7.69. The molecule has 5 nitrogen and oxygen atoms in total. The summed E-state index contributed by atoms with van der Waals surface area (Å²) in [5.74, 6) is -0.669. The summed E-state index contributed by atoms with van der Waals surface area (Å²) in [5, 5.41) is 9.00. The van der Waals surface area contributed by atoms with E-state index in [9.17, 15) is 9.59 Å². The standard InChI is InChI=1S/C11H14N2O3/c1-2-3-7(6-12)13-10(14)8-4-5-9(16-8)11(13)15/h7-9H,2-5H2,1H3. The average molecular weight is 222 g/mol. The molecule has 2 aliphatic heterocycles. The number of carbonyl (C=O) groups excluding carboxylic acids is 2. The lowest BCUT2D eigenvalue weighted by atomic mass is 10.1. The molecule has 2 bridgehead atoms. The van der Waals surface area contributed by atoms with Crippen LogP contribution >= 0.6 is 0 Å². The van der Waals surface area contributed by atoms with E-state index in [1.807, 2.05) is 13.0 Å². The van der Waals surface area contributed by atoms with Crippen molar-refractivity contribution in [2.75, 3.05) is 0 Å². The number of hydrogen-bond donors (Lipinski definition) is 0. The van der Waals surface area contributed by atoms with Crippen molar-refractivity contribution in [3.8, 4) is 6.07 Å². The minimum absolute atomic E-state index is 0.334. The summed E-state index contributed by atoms with van der Waals surface area (Å²) >= 11 is 0. The summed E-state index contributed by atoms with van der Waals surface area (Å²) in [4.78, 5) is 24.9. The van der Waals surface area contributed by atoms with Gasteiger partial charge >= 0.3 is 0 Å². The molecule has 2 aliphatic rings. The number of likely N-dealkylation sites (tertiary alicyclic amines) is 1. The lowest BCUT2D eigenvalue weighted by Crippen LogP contribution is -2.55. The van der Waals surface area contributed by atoms with Crippen molar-refractivity contribution in [1.29, 1.82) is 5.26 Å². The third-order valence-electron chi connectivity index (χ3n) is 3.07. The quantitative estimate of drug-likeness (QED) is 0.655. The second kappa shape index (κ2) is 4.22. The summed E-state index contributed by atoms with van der Waals surface area (Å²) < 4.78 is 5.27. The van der Waals surface area contributed by atoms with Gasteiger partial charge in [-0.1, -0.05) is 13.3 Å². The van der Waals surface area contributed by atoms with Crippen LogP contribution in [0.3, 0.4) is 0 Å². The minimum atomic E-state index is -0.628.